The molecule has 1 aromatic carbocycles. The van der Waals surface area contributed by atoms with E-state index in [-0.39, 0.29) is 6.10 Å². The van der Waals surface area contributed by atoms with Crippen LogP contribution in [0.15, 0.2) is 24.3 Å². The molecule has 3 rings (SSSR count). The Morgan fingerprint density at radius 1 is 1.28 bits per heavy atom. The third-order valence-corrected chi connectivity index (χ3v) is 3.44. The molecule has 1 fully saturated rings. The van der Waals surface area contributed by atoms with E-state index in [9.17, 15) is 5.21 Å². The van der Waals surface area contributed by atoms with E-state index in [1.807, 2.05) is 24.3 Å². The van der Waals surface area contributed by atoms with Crippen molar-refractivity contribution in [2.75, 3.05) is 20.1 Å². The summed E-state index contributed by atoms with van der Waals surface area (Å²) in [5.41, 5.74) is 1.43. The first kappa shape index (κ1) is 11.3. The van der Waals surface area contributed by atoms with Gasteiger partial charge >= 0.3 is 6.01 Å². The number of likely N-dealkylation sites (tertiary alicyclic amines) is 1. The maximum atomic E-state index is 9.99. The number of rotatable bonds is 2. The Bertz CT molecular complexity index is 544. The molecule has 5 nitrogen and oxygen atoms in total. The van der Waals surface area contributed by atoms with Crippen LogP contribution in [0.25, 0.3) is 11.0 Å². The first-order valence-electron chi connectivity index (χ1n) is 6.26. The Hall–Kier alpha value is -1.75. The average molecular weight is 247 g/mol. The van der Waals surface area contributed by atoms with Gasteiger partial charge in [0, 0.05) is 13.1 Å². The summed E-state index contributed by atoms with van der Waals surface area (Å²) in [7, 11) is 2.11. The van der Waals surface area contributed by atoms with Crippen molar-refractivity contribution >= 4 is 11.0 Å². The summed E-state index contributed by atoms with van der Waals surface area (Å²) in [4.78, 5) is 6.58. The van der Waals surface area contributed by atoms with E-state index in [4.69, 9.17) is 4.74 Å². The molecule has 0 bridgehead atoms. The van der Waals surface area contributed by atoms with Crippen LogP contribution in [0.5, 0.6) is 6.01 Å². The van der Waals surface area contributed by atoms with Gasteiger partial charge in [-0.3, -0.25) is 0 Å². The SMILES string of the molecule is CN1CCC(Oc2nc3ccccc3n2O)CC1. The number of benzene rings is 1. The van der Waals surface area contributed by atoms with Crippen molar-refractivity contribution in [2.24, 2.45) is 0 Å². The molecule has 0 radical (unpaired) electrons. The molecule has 0 saturated carbocycles. The van der Waals surface area contributed by atoms with Crippen molar-refractivity contribution < 1.29 is 9.94 Å². The first-order chi connectivity index (χ1) is 8.74. The molecule has 0 spiro atoms. The van der Waals surface area contributed by atoms with Crippen molar-refractivity contribution in [3.05, 3.63) is 24.3 Å². The highest BCUT2D eigenvalue weighted by Crippen LogP contribution is 2.22. The van der Waals surface area contributed by atoms with Crippen molar-refractivity contribution in [1.82, 2.24) is 14.6 Å². The summed E-state index contributed by atoms with van der Waals surface area (Å²) >= 11 is 0. The summed E-state index contributed by atoms with van der Waals surface area (Å²) in [6, 6.07) is 7.75. The van der Waals surface area contributed by atoms with Gasteiger partial charge in [0.25, 0.3) is 0 Å². The van der Waals surface area contributed by atoms with Crippen molar-refractivity contribution in [3.8, 4) is 6.01 Å². The molecule has 1 saturated heterocycles. The van der Waals surface area contributed by atoms with E-state index in [1.165, 1.54) is 0 Å². The fourth-order valence-electron chi connectivity index (χ4n) is 2.32. The van der Waals surface area contributed by atoms with Gasteiger partial charge in [-0.2, -0.15) is 4.98 Å². The quantitative estimate of drug-likeness (QED) is 0.821. The van der Waals surface area contributed by atoms with E-state index < -0.39 is 0 Å². The molecule has 1 N–H and O–H groups in total. The molecule has 1 aromatic heterocycles. The Morgan fingerprint density at radius 2 is 2.00 bits per heavy atom. The lowest BCUT2D eigenvalue weighted by Gasteiger charge is -2.28. The molecule has 18 heavy (non-hydrogen) atoms. The van der Waals surface area contributed by atoms with Gasteiger partial charge in [-0.05, 0) is 32.0 Å². The maximum absolute atomic E-state index is 9.99. The number of aromatic nitrogens is 2. The summed E-state index contributed by atoms with van der Waals surface area (Å²) in [5, 5.41) is 9.99. The second kappa shape index (κ2) is 4.49. The number of para-hydroxylation sites is 2. The minimum Gasteiger partial charge on any atom is -0.459 e. The number of hydrogen-bond acceptors (Lipinski definition) is 4. The van der Waals surface area contributed by atoms with Crippen LogP contribution >= 0.6 is 0 Å². The normalized spacial score (nSPS) is 18.3. The third-order valence-electron chi connectivity index (χ3n) is 3.44. The number of hydrogen-bond donors (Lipinski definition) is 1. The number of nitrogens with zero attached hydrogens (tertiary/aromatic N) is 3. The molecule has 2 heterocycles. The molecule has 2 aromatic rings. The molecule has 5 heteroatoms. The van der Waals surface area contributed by atoms with E-state index in [0.29, 0.717) is 11.5 Å². The first-order valence-corrected chi connectivity index (χ1v) is 6.26. The lowest BCUT2D eigenvalue weighted by atomic mass is 10.1. The largest absolute Gasteiger partial charge is 0.459 e. The molecule has 0 unspecified atom stereocenters. The average Bonchev–Trinajstić information content (AvgIpc) is 2.70. The van der Waals surface area contributed by atoms with Gasteiger partial charge in [-0.15, -0.1) is 4.73 Å². The van der Waals surface area contributed by atoms with E-state index in [2.05, 4.69) is 16.9 Å². The minimum absolute atomic E-state index is 0.143. The van der Waals surface area contributed by atoms with Gasteiger partial charge in [-0.25, -0.2) is 0 Å². The minimum atomic E-state index is 0.143. The highest BCUT2D eigenvalue weighted by Gasteiger charge is 2.21. The van der Waals surface area contributed by atoms with Crippen LogP contribution in [0.4, 0.5) is 0 Å². The van der Waals surface area contributed by atoms with Crippen LogP contribution in [0, 0.1) is 0 Å². The van der Waals surface area contributed by atoms with Crippen LogP contribution in [-0.2, 0) is 0 Å². The van der Waals surface area contributed by atoms with Gasteiger partial charge < -0.3 is 14.8 Å². The van der Waals surface area contributed by atoms with Crippen LogP contribution in [0.3, 0.4) is 0 Å². The zero-order valence-electron chi connectivity index (χ0n) is 10.4. The van der Waals surface area contributed by atoms with Crippen LogP contribution < -0.4 is 4.74 Å². The maximum Gasteiger partial charge on any atom is 0.331 e. The number of fused-ring (bicyclic) bond motifs is 1. The predicted molar refractivity (Wildman–Crippen MR) is 68.1 cm³/mol. The number of ether oxygens (including phenoxy) is 1. The smallest absolute Gasteiger partial charge is 0.331 e. The van der Waals surface area contributed by atoms with Crippen molar-refractivity contribution in [2.45, 2.75) is 18.9 Å². The molecular formula is C13H17N3O2. The third kappa shape index (κ3) is 2.01. The van der Waals surface area contributed by atoms with Crippen molar-refractivity contribution in [3.63, 3.8) is 0 Å². The fraction of sp³-hybridized carbons (Fsp3) is 0.462. The predicted octanol–water partition coefficient (Wildman–Crippen LogP) is 1.75. The molecular weight excluding hydrogens is 230 g/mol. The summed E-state index contributed by atoms with van der Waals surface area (Å²) in [6.07, 6.45) is 2.09. The molecule has 0 amide bonds. The lowest BCUT2D eigenvalue weighted by Crippen LogP contribution is -2.36. The Morgan fingerprint density at radius 3 is 2.72 bits per heavy atom. The standard InChI is InChI=1S/C13H17N3O2/c1-15-8-6-10(7-9-15)18-13-14-11-4-2-3-5-12(11)16(13)17/h2-5,10,17H,6-9H2,1H3. The molecule has 0 atom stereocenters. The highest BCUT2D eigenvalue weighted by molar-refractivity contribution is 5.76. The molecule has 1 aliphatic rings. The molecule has 1 aliphatic heterocycles. The number of piperidine rings is 1. The number of imidazole rings is 1. The topological polar surface area (TPSA) is 50.5 Å². The van der Waals surface area contributed by atoms with Gasteiger partial charge in [0.1, 0.15) is 11.6 Å². The second-order valence-electron chi connectivity index (χ2n) is 4.82. The van der Waals surface area contributed by atoms with E-state index in [0.717, 1.165) is 36.2 Å². The summed E-state index contributed by atoms with van der Waals surface area (Å²) in [6.45, 7) is 2.05. The lowest BCUT2D eigenvalue weighted by molar-refractivity contribution is 0.0721. The van der Waals surface area contributed by atoms with Crippen molar-refractivity contribution in [1.29, 1.82) is 0 Å². The van der Waals surface area contributed by atoms with Gasteiger partial charge in [-0.1, -0.05) is 12.1 Å². The zero-order valence-corrected chi connectivity index (χ0v) is 10.4. The summed E-state index contributed by atoms with van der Waals surface area (Å²) < 4.78 is 6.83. The molecule has 0 aliphatic carbocycles. The van der Waals surface area contributed by atoms with Gasteiger partial charge in [0.15, 0.2) is 0 Å². The summed E-state index contributed by atoms with van der Waals surface area (Å²) in [5.74, 6) is 0. The zero-order chi connectivity index (χ0) is 12.5. The van der Waals surface area contributed by atoms with E-state index >= 15 is 0 Å². The monoisotopic (exact) mass is 247 g/mol. The van der Waals surface area contributed by atoms with Crippen LogP contribution in [0.2, 0.25) is 0 Å². The Kier molecular flexibility index (Phi) is 2.83. The second-order valence-corrected chi connectivity index (χ2v) is 4.82. The van der Waals surface area contributed by atoms with Gasteiger partial charge in [0.05, 0.1) is 5.52 Å². The molecule has 96 valence electrons. The van der Waals surface area contributed by atoms with Crippen LogP contribution in [0.1, 0.15) is 12.8 Å². The van der Waals surface area contributed by atoms with Gasteiger partial charge in [0.2, 0.25) is 0 Å². The Labute approximate surface area is 106 Å². The fourth-order valence-corrected chi connectivity index (χ4v) is 2.32. The Balaban J connectivity index is 1.80. The van der Waals surface area contributed by atoms with E-state index in [1.54, 1.807) is 0 Å². The highest BCUT2D eigenvalue weighted by atomic mass is 16.6. The van der Waals surface area contributed by atoms with Crippen LogP contribution in [-0.4, -0.2) is 46.1 Å².